The van der Waals surface area contributed by atoms with E-state index in [4.69, 9.17) is 14.0 Å². The van der Waals surface area contributed by atoms with Crippen LogP contribution in [0.1, 0.15) is 31.2 Å². The van der Waals surface area contributed by atoms with Crippen LogP contribution in [-0.2, 0) is 4.74 Å². The van der Waals surface area contributed by atoms with Gasteiger partial charge in [0.15, 0.2) is 0 Å². The highest BCUT2D eigenvalue weighted by atomic mass is 16.5. The summed E-state index contributed by atoms with van der Waals surface area (Å²) in [5.74, 6) is 1.48. The van der Waals surface area contributed by atoms with Crippen molar-refractivity contribution in [3.63, 3.8) is 0 Å². The third kappa shape index (κ3) is 2.82. The molecule has 2 aromatic rings. The van der Waals surface area contributed by atoms with Gasteiger partial charge in [-0.1, -0.05) is 11.6 Å². The predicted octanol–water partition coefficient (Wildman–Crippen LogP) is 2.07. The minimum Gasteiger partial charge on any atom is -0.480 e. The van der Waals surface area contributed by atoms with Crippen molar-refractivity contribution in [1.82, 2.24) is 20.0 Å². The van der Waals surface area contributed by atoms with Crippen LogP contribution in [0.25, 0.3) is 11.5 Å². The van der Waals surface area contributed by atoms with Gasteiger partial charge in [-0.2, -0.15) is 4.98 Å². The second kappa shape index (κ2) is 6.25. The number of pyridine rings is 1. The molecule has 122 valence electrons. The van der Waals surface area contributed by atoms with E-state index in [1.807, 2.05) is 12.1 Å². The van der Waals surface area contributed by atoms with Gasteiger partial charge in [0, 0.05) is 18.8 Å². The van der Waals surface area contributed by atoms with Gasteiger partial charge in [-0.05, 0) is 31.5 Å². The van der Waals surface area contributed by atoms with Crippen LogP contribution in [0.15, 0.2) is 22.9 Å². The second-order valence-corrected chi connectivity index (χ2v) is 5.98. The van der Waals surface area contributed by atoms with Gasteiger partial charge < -0.3 is 14.0 Å². The van der Waals surface area contributed by atoms with Crippen molar-refractivity contribution in [2.24, 2.45) is 0 Å². The fourth-order valence-corrected chi connectivity index (χ4v) is 3.33. The van der Waals surface area contributed by atoms with Gasteiger partial charge in [0.2, 0.25) is 11.7 Å². The van der Waals surface area contributed by atoms with Gasteiger partial charge in [-0.3, -0.25) is 4.90 Å². The number of hydrogen-bond acceptors (Lipinski definition) is 7. The van der Waals surface area contributed by atoms with Crippen LogP contribution in [0.3, 0.4) is 0 Å². The summed E-state index contributed by atoms with van der Waals surface area (Å²) in [5.41, 5.74) is 0.695. The lowest BCUT2D eigenvalue weighted by molar-refractivity contribution is -0.0805. The average molecular weight is 316 g/mol. The first-order chi connectivity index (χ1) is 11.3. The highest BCUT2D eigenvalue weighted by Crippen LogP contribution is 2.31. The third-order valence-corrected chi connectivity index (χ3v) is 4.56. The maximum atomic E-state index is 5.97. The van der Waals surface area contributed by atoms with E-state index < -0.39 is 0 Å². The molecule has 0 aromatic carbocycles. The fourth-order valence-electron chi connectivity index (χ4n) is 3.33. The topological polar surface area (TPSA) is 73.5 Å². The fraction of sp³-hybridized carbons (Fsp3) is 0.562. The van der Waals surface area contributed by atoms with Crippen LogP contribution in [0, 0.1) is 0 Å². The van der Waals surface area contributed by atoms with Crippen LogP contribution in [0.5, 0.6) is 5.88 Å². The summed E-state index contributed by atoms with van der Waals surface area (Å²) in [4.78, 5) is 11.1. The molecule has 0 amide bonds. The molecule has 0 aliphatic carbocycles. The zero-order chi connectivity index (χ0) is 15.6. The van der Waals surface area contributed by atoms with Crippen LogP contribution < -0.4 is 4.74 Å². The summed E-state index contributed by atoms with van der Waals surface area (Å²) < 4.78 is 16.6. The molecule has 7 nitrogen and oxygen atoms in total. The monoisotopic (exact) mass is 316 g/mol. The molecule has 2 saturated heterocycles. The van der Waals surface area contributed by atoms with Gasteiger partial charge in [0.1, 0.15) is 11.7 Å². The molecule has 4 rings (SSSR count). The summed E-state index contributed by atoms with van der Waals surface area (Å²) in [7, 11) is 1.57. The van der Waals surface area contributed by atoms with Crippen LogP contribution in [-0.4, -0.2) is 52.9 Å². The van der Waals surface area contributed by atoms with Gasteiger partial charge in [0.05, 0.1) is 13.7 Å². The smallest absolute Gasteiger partial charge is 0.263 e. The lowest BCUT2D eigenvalue weighted by Gasteiger charge is -2.41. The van der Waals surface area contributed by atoms with Crippen LogP contribution in [0.2, 0.25) is 0 Å². The number of fused-ring (bicyclic) bond motifs is 1. The SMILES string of the molecule is COc1ncccc1-c1nc([C@H]2CN3CCCCC3CO2)no1. The summed E-state index contributed by atoms with van der Waals surface area (Å²) >= 11 is 0. The lowest BCUT2D eigenvalue weighted by Crippen LogP contribution is -2.49. The van der Waals surface area contributed by atoms with Crippen molar-refractivity contribution in [3.05, 3.63) is 24.2 Å². The van der Waals surface area contributed by atoms with Crippen molar-refractivity contribution in [3.8, 4) is 17.3 Å². The van der Waals surface area contributed by atoms with E-state index in [1.165, 1.54) is 19.3 Å². The number of hydrogen-bond donors (Lipinski definition) is 0. The van der Waals surface area contributed by atoms with Gasteiger partial charge in [-0.15, -0.1) is 0 Å². The van der Waals surface area contributed by atoms with Gasteiger partial charge in [-0.25, -0.2) is 4.98 Å². The Morgan fingerprint density at radius 2 is 2.30 bits per heavy atom. The predicted molar refractivity (Wildman–Crippen MR) is 82.0 cm³/mol. The standard InChI is InChI=1S/C16H20N4O3/c1-21-15-12(6-4-7-17-15)16-18-14(19-23-16)13-9-20-8-3-2-5-11(20)10-22-13/h4,6-7,11,13H,2-3,5,8-10H2,1H3/t11?,13-/m1/s1. The van der Waals surface area contributed by atoms with E-state index >= 15 is 0 Å². The first kappa shape index (κ1) is 14.6. The summed E-state index contributed by atoms with van der Waals surface area (Å²) in [6.45, 7) is 2.70. The molecule has 2 aliphatic rings. The van der Waals surface area contributed by atoms with Crippen LogP contribution >= 0.6 is 0 Å². The molecule has 0 bridgehead atoms. The van der Waals surface area contributed by atoms with E-state index in [-0.39, 0.29) is 6.10 Å². The third-order valence-electron chi connectivity index (χ3n) is 4.56. The lowest BCUT2D eigenvalue weighted by atomic mass is 10.0. The molecule has 2 aliphatic heterocycles. The minimum absolute atomic E-state index is 0.135. The first-order valence-electron chi connectivity index (χ1n) is 8.04. The number of ether oxygens (including phenoxy) is 2. The van der Waals surface area contributed by atoms with Gasteiger partial charge >= 0.3 is 0 Å². The molecular weight excluding hydrogens is 296 g/mol. The van der Waals surface area contributed by atoms with Crippen molar-refractivity contribution in [2.75, 3.05) is 26.8 Å². The molecule has 2 atom stereocenters. The minimum atomic E-state index is -0.135. The van der Waals surface area contributed by atoms with Crippen molar-refractivity contribution >= 4 is 0 Å². The number of piperidine rings is 1. The van der Waals surface area contributed by atoms with Crippen molar-refractivity contribution in [1.29, 1.82) is 0 Å². The Kier molecular flexibility index (Phi) is 3.97. The first-order valence-corrected chi connectivity index (χ1v) is 8.04. The highest BCUT2D eigenvalue weighted by molar-refractivity contribution is 5.59. The molecule has 2 fully saturated rings. The van der Waals surface area contributed by atoms with Crippen molar-refractivity contribution < 1.29 is 14.0 Å². The zero-order valence-electron chi connectivity index (χ0n) is 13.1. The molecule has 7 heteroatoms. The molecule has 0 spiro atoms. The number of methoxy groups -OCH3 is 1. The van der Waals surface area contributed by atoms with E-state index in [9.17, 15) is 0 Å². The molecular formula is C16H20N4O3. The molecule has 2 aromatic heterocycles. The Bertz CT molecular complexity index is 675. The molecule has 0 N–H and O–H groups in total. The molecule has 4 heterocycles. The molecule has 0 saturated carbocycles. The Hall–Kier alpha value is -1.99. The summed E-state index contributed by atoms with van der Waals surface area (Å²) in [5, 5.41) is 4.11. The number of rotatable bonds is 3. The largest absolute Gasteiger partial charge is 0.480 e. The van der Waals surface area contributed by atoms with E-state index in [0.29, 0.717) is 29.2 Å². The molecule has 1 unspecified atom stereocenters. The van der Waals surface area contributed by atoms with E-state index in [1.54, 1.807) is 13.3 Å². The average Bonchev–Trinajstić information content (AvgIpc) is 3.11. The van der Waals surface area contributed by atoms with Crippen molar-refractivity contribution in [2.45, 2.75) is 31.4 Å². The maximum absolute atomic E-state index is 5.97. The van der Waals surface area contributed by atoms with E-state index in [0.717, 1.165) is 19.7 Å². The molecule has 23 heavy (non-hydrogen) atoms. The second-order valence-electron chi connectivity index (χ2n) is 5.98. The Morgan fingerprint density at radius 1 is 1.35 bits per heavy atom. The number of aromatic nitrogens is 3. The Morgan fingerprint density at radius 3 is 3.22 bits per heavy atom. The van der Waals surface area contributed by atoms with Gasteiger partial charge in [0.25, 0.3) is 5.89 Å². The maximum Gasteiger partial charge on any atom is 0.263 e. The molecule has 0 radical (unpaired) electrons. The quantitative estimate of drug-likeness (QED) is 0.858. The zero-order valence-corrected chi connectivity index (χ0v) is 13.1. The number of morpholine rings is 1. The number of nitrogens with zero attached hydrogens (tertiary/aromatic N) is 4. The Balaban J connectivity index is 1.54. The summed E-state index contributed by atoms with van der Waals surface area (Å²) in [6.07, 6.45) is 5.30. The van der Waals surface area contributed by atoms with Crippen LogP contribution in [0.4, 0.5) is 0 Å². The normalized spacial score (nSPS) is 25.1. The highest BCUT2D eigenvalue weighted by Gasteiger charge is 2.33. The summed E-state index contributed by atoms with van der Waals surface area (Å²) in [6, 6.07) is 4.22. The van der Waals surface area contributed by atoms with E-state index in [2.05, 4.69) is 20.0 Å². The Labute approximate surface area is 134 Å².